The Morgan fingerprint density at radius 1 is 1.12 bits per heavy atom. The Morgan fingerprint density at radius 2 is 1.72 bits per heavy atom. The van der Waals surface area contributed by atoms with Crippen LogP contribution in [-0.4, -0.2) is 56.1 Å². The van der Waals surface area contributed by atoms with Crippen LogP contribution < -0.4 is 10.0 Å². The second-order valence-corrected chi connectivity index (χ2v) is 9.13. The van der Waals surface area contributed by atoms with Gasteiger partial charge in [0.25, 0.3) is 0 Å². The molecule has 8 heteroatoms. The minimum atomic E-state index is -3.22. The number of hydrogen-bond acceptors (Lipinski definition) is 4. The van der Waals surface area contributed by atoms with Gasteiger partial charge in [0, 0.05) is 26.1 Å². The van der Waals surface area contributed by atoms with Crippen molar-refractivity contribution in [1.29, 1.82) is 0 Å². The first-order valence-corrected chi connectivity index (χ1v) is 11.0. The van der Waals surface area contributed by atoms with Crippen LogP contribution >= 0.6 is 0 Å². The second kappa shape index (κ2) is 8.98. The Labute approximate surface area is 151 Å². The fourth-order valence-corrected chi connectivity index (χ4v) is 5.29. The van der Waals surface area contributed by atoms with E-state index in [2.05, 4.69) is 10.0 Å². The van der Waals surface area contributed by atoms with Gasteiger partial charge in [0.05, 0.1) is 5.75 Å². The molecule has 2 aliphatic rings. The number of likely N-dealkylation sites (tertiary alicyclic amines) is 1. The largest absolute Gasteiger partial charge is 0.344 e. The molecule has 0 aromatic carbocycles. The van der Waals surface area contributed by atoms with Gasteiger partial charge in [-0.25, -0.2) is 13.1 Å². The van der Waals surface area contributed by atoms with Gasteiger partial charge in [0.1, 0.15) is 6.04 Å². The van der Waals surface area contributed by atoms with Crippen LogP contribution in [0.4, 0.5) is 0 Å². The molecular weight excluding hydrogens is 342 g/mol. The Hall–Kier alpha value is -1.15. The maximum atomic E-state index is 12.9. The summed E-state index contributed by atoms with van der Waals surface area (Å²) in [5, 5.41) is 2.84. The van der Waals surface area contributed by atoms with Crippen molar-refractivity contribution in [2.24, 2.45) is 5.92 Å². The number of piperidine rings is 1. The summed E-state index contributed by atoms with van der Waals surface area (Å²) < 4.78 is 26.5. The molecule has 25 heavy (non-hydrogen) atoms. The van der Waals surface area contributed by atoms with Gasteiger partial charge in [-0.2, -0.15) is 0 Å². The second-order valence-electron chi connectivity index (χ2n) is 7.26. The fourth-order valence-electron chi connectivity index (χ4n) is 3.89. The van der Waals surface area contributed by atoms with Crippen molar-refractivity contribution in [3.63, 3.8) is 0 Å². The molecule has 1 unspecified atom stereocenters. The van der Waals surface area contributed by atoms with Gasteiger partial charge in [-0.3, -0.25) is 9.59 Å². The number of carbonyl (C=O) groups excluding carboxylic acids is 2. The van der Waals surface area contributed by atoms with Gasteiger partial charge < -0.3 is 10.2 Å². The van der Waals surface area contributed by atoms with Gasteiger partial charge in [-0.1, -0.05) is 19.8 Å². The van der Waals surface area contributed by atoms with Crippen molar-refractivity contribution in [2.75, 3.05) is 18.8 Å². The summed E-state index contributed by atoms with van der Waals surface area (Å²) in [4.78, 5) is 26.2. The summed E-state index contributed by atoms with van der Waals surface area (Å²) in [5.74, 6) is 0.167. The molecule has 2 fully saturated rings. The van der Waals surface area contributed by atoms with E-state index in [4.69, 9.17) is 0 Å². The molecule has 7 nitrogen and oxygen atoms in total. The quantitative estimate of drug-likeness (QED) is 0.696. The van der Waals surface area contributed by atoms with Crippen molar-refractivity contribution in [1.82, 2.24) is 14.9 Å². The maximum absolute atomic E-state index is 12.9. The van der Waals surface area contributed by atoms with Gasteiger partial charge in [0.15, 0.2) is 0 Å². The van der Waals surface area contributed by atoms with E-state index in [9.17, 15) is 18.0 Å². The molecule has 2 rings (SSSR count). The van der Waals surface area contributed by atoms with E-state index in [1.54, 1.807) is 4.90 Å². The molecule has 1 atom stereocenters. The van der Waals surface area contributed by atoms with Crippen molar-refractivity contribution >= 4 is 21.8 Å². The van der Waals surface area contributed by atoms with Crippen LogP contribution in [0.5, 0.6) is 0 Å². The molecule has 2 N–H and O–H groups in total. The lowest BCUT2D eigenvalue weighted by Gasteiger charge is -2.36. The molecule has 0 spiro atoms. The minimum Gasteiger partial charge on any atom is -0.344 e. The first-order valence-electron chi connectivity index (χ1n) is 9.38. The number of sulfonamides is 1. The number of amides is 2. The van der Waals surface area contributed by atoms with E-state index in [0.717, 1.165) is 25.7 Å². The van der Waals surface area contributed by atoms with Crippen molar-refractivity contribution < 1.29 is 18.0 Å². The third-order valence-electron chi connectivity index (χ3n) is 5.12. The molecule has 2 amide bonds. The highest BCUT2D eigenvalue weighted by Gasteiger charge is 2.35. The zero-order valence-electron chi connectivity index (χ0n) is 15.3. The predicted octanol–water partition coefficient (Wildman–Crippen LogP) is 1.00. The van der Waals surface area contributed by atoms with Crippen LogP contribution in [0.1, 0.15) is 58.8 Å². The lowest BCUT2D eigenvalue weighted by atomic mass is 9.95. The van der Waals surface area contributed by atoms with E-state index in [0.29, 0.717) is 32.4 Å². The molecule has 1 saturated heterocycles. The van der Waals surface area contributed by atoms with Crippen LogP contribution in [-0.2, 0) is 19.6 Å². The fraction of sp³-hybridized carbons (Fsp3) is 0.882. The van der Waals surface area contributed by atoms with Gasteiger partial charge in [0.2, 0.25) is 21.8 Å². The Balaban J connectivity index is 1.91. The highest BCUT2D eigenvalue weighted by molar-refractivity contribution is 7.89. The summed E-state index contributed by atoms with van der Waals surface area (Å²) in [7, 11) is -3.22. The van der Waals surface area contributed by atoms with Crippen LogP contribution in [0.2, 0.25) is 0 Å². The van der Waals surface area contributed by atoms with Gasteiger partial charge >= 0.3 is 0 Å². The zero-order chi connectivity index (χ0) is 18.4. The van der Waals surface area contributed by atoms with Crippen LogP contribution in [0, 0.1) is 5.92 Å². The number of hydrogen-bond donors (Lipinski definition) is 2. The van der Waals surface area contributed by atoms with Crippen molar-refractivity contribution in [2.45, 2.75) is 70.9 Å². The smallest absolute Gasteiger partial charge is 0.245 e. The molecule has 0 bridgehead atoms. The zero-order valence-corrected chi connectivity index (χ0v) is 16.1. The van der Waals surface area contributed by atoms with Gasteiger partial charge in [-0.05, 0) is 38.0 Å². The molecule has 0 radical (unpaired) electrons. The normalized spacial score (nSPS) is 21.3. The number of nitrogens with zero attached hydrogens (tertiary/aromatic N) is 1. The SMILES string of the molecule is CCCS(=O)(=O)NC1CCN(C(=O)C(NC(C)=O)C2CCCC2)CC1. The molecule has 1 aliphatic carbocycles. The molecular formula is C17H31N3O4S. The predicted molar refractivity (Wildman–Crippen MR) is 96.4 cm³/mol. The van der Waals surface area contributed by atoms with E-state index in [1.807, 2.05) is 6.92 Å². The van der Waals surface area contributed by atoms with Gasteiger partial charge in [-0.15, -0.1) is 0 Å². The summed E-state index contributed by atoms with van der Waals surface area (Å²) >= 11 is 0. The first-order chi connectivity index (χ1) is 11.8. The highest BCUT2D eigenvalue weighted by atomic mass is 32.2. The molecule has 1 aliphatic heterocycles. The first kappa shape index (κ1) is 20.2. The van der Waals surface area contributed by atoms with E-state index in [-0.39, 0.29) is 29.5 Å². The third-order valence-corrected chi connectivity index (χ3v) is 6.76. The average molecular weight is 374 g/mol. The van der Waals surface area contributed by atoms with E-state index >= 15 is 0 Å². The Bertz CT molecular complexity index is 564. The monoisotopic (exact) mass is 373 g/mol. The number of nitrogens with one attached hydrogen (secondary N) is 2. The van der Waals surface area contributed by atoms with E-state index < -0.39 is 16.1 Å². The Kier molecular flexibility index (Phi) is 7.25. The molecule has 1 saturated carbocycles. The lowest BCUT2D eigenvalue weighted by molar-refractivity contribution is -0.138. The van der Waals surface area contributed by atoms with Crippen LogP contribution in [0.25, 0.3) is 0 Å². The number of carbonyl (C=O) groups is 2. The van der Waals surface area contributed by atoms with Crippen molar-refractivity contribution in [3.8, 4) is 0 Å². The standard InChI is InChI=1S/C17H31N3O4S/c1-3-12-25(23,24)19-15-8-10-20(11-9-15)17(22)16(18-13(2)21)14-6-4-5-7-14/h14-16,19H,3-12H2,1-2H3,(H,18,21). The number of rotatable bonds is 7. The summed E-state index contributed by atoms with van der Waals surface area (Å²) in [5.41, 5.74) is 0. The van der Waals surface area contributed by atoms with E-state index in [1.165, 1.54) is 6.92 Å². The lowest BCUT2D eigenvalue weighted by Crippen LogP contribution is -2.55. The van der Waals surface area contributed by atoms with Crippen LogP contribution in [0.15, 0.2) is 0 Å². The Morgan fingerprint density at radius 3 is 2.24 bits per heavy atom. The topological polar surface area (TPSA) is 95.6 Å². The molecule has 144 valence electrons. The summed E-state index contributed by atoms with van der Waals surface area (Å²) in [6.45, 7) is 4.34. The van der Waals surface area contributed by atoms with Crippen LogP contribution in [0.3, 0.4) is 0 Å². The highest BCUT2D eigenvalue weighted by Crippen LogP contribution is 2.29. The minimum absolute atomic E-state index is 0.0167. The molecule has 0 aromatic rings. The average Bonchev–Trinajstić information content (AvgIpc) is 3.06. The molecule has 0 aromatic heterocycles. The maximum Gasteiger partial charge on any atom is 0.245 e. The summed E-state index contributed by atoms with van der Waals surface area (Å²) in [6, 6.07) is -0.542. The molecule has 1 heterocycles. The van der Waals surface area contributed by atoms with Crippen molar-refractivity contribution in [3.05, 3.63) is 0 Å². The third kappa shape index (κ3) is 5.95. The summed E-state index contributed by atoms with van der Waals surface area (Å²) in [6.07, 6.45) is 5.99.